The highest BCUT2D eigenvalue weighted by molar-refractivity contribution is 8.77. The van der Waals surface area contributed by atoms with Gasteiger partial charge in [-0.05, 0) is 154 Å². The van der Waals surface area contributed by atoms with Gasteiger partial charge in [0, 0.05) is 47.8 Å². The van der Waals surface area contributed by atoms with Crippen molar-refractivity contribution < 1.29 is 119 Å². The van der Waals surface area contributed by atoms with Crippen LogP contribution < -0.4 is 82.7 Å². The molecule has 3 saturated heterocycles. The summed E-state index contributed by atoms with van der Waals surface area (Å²) in [6, 6.07) is -1.34. The van der Waals surface area contributed by atoms with Crippen molar-refractivity contribution in [1.82, 2.24) is 63.8 Å². The van der Waals surface area contributed by atoms with E-state index in [1.54, 1.807) is 48.2 Å². The number of carbonyl (C=O) groups is 11. The van der Waals surface area contributed by atoms with Crippen LogP contribution in [0.5, 0.6) is 23.0 Å². The Bertz CT molecular complexity index is 4040. The summed E-state index contributed by atoms with van der Waals surface area (Å²) in [7, 11) is 3.87. The number of hydrogen-bond acceptors (Lipinski definition) is 28. The third-order valence-corrected chi connectivity index (χ3v) is 28.3. The van der Waals surface area contributed by atoms with Crippen LogP contribution in [-0.4, -0.2) is 319 Å². The highest BCUT2D eigenvalue weighted by atomic mass is 33.1. The Morgan fingerprint density at radius 3 is 0.951 bits per heavy atom. The summed E-state index contributed by atoms with van der Waals surface area (Å²) < 4.78 is 82.4. The van der Waals surface area contributed by atoms with Gasteiger partial charge in [-0.2, -0.15) is 11.8 Å². The average molecular weight is 2060 g/mol. The topological polar surface area (TPSA) is 461 Å². The van der Waals surface area contributed by atoms with Crippen LogP contribution in [0.25, 0.3) is 0 Å². The standard InChI is InChI=1S/C102H170N12O25S3/c1-66(2)54-76(93(116)103-28-19-15-16-20-75-27-53-141-142-75)105-95(118)78(56-68(5)6)106-97(120)80(58-70(9)10)110-101(124)84(62-74-24-26-87-89(64-74)139-52-48-135-44-40-131-36-32-127-30-34-129-38-42-133-46-50-137-87)112-99(122)82(60-72(13)14)108-96(119)79(57-69(7)8)107-98(121)81(59-71(11)12)109-100(123)83(111-94(117)77(55-67(3)4)104-91(115)22-18-17-21-90-92-85(65-140-90)113-102(125)114-92)61-73-23-25-86-88(63-73)138-51-47-134-43-39-130-35-31-126-29-33-128-37-41-132-45-49-136-86/h23-26,63-64,66-72,75-85,90,92H,15-22,27-62,65H2,1-14H3,(H,103,116)(H,104,115)(H,105,118)(H,106,120)(H,107,121)(H,108,119)(H,109,123)(H,110,124)(H,111,117)(H,112,122)(H2,113,114,125)/t75?,76-,77-,78-,79-,80-,81-,82-,83-,84-,85-,90-,92-/m0/s1. The lowest BCUT2D eigenvalue weighted by molar-refractivity contribution is -0.136. The second kappa shape index (κ2) is 69.4. The molecule has 0 aliphatic carbocycles. The van der Waals surface area contributed by atoms with Crippen LogP contribution in [0.3, 0.4) is 0 Å². The minimum absolute atomic E-state index is 0.00665. The average Bonchev–Trinajstić information content (AvgIpc) is 1.62. The molecule has 13 atom stereocenters. The minimum Gasteiger partial charge on any atom is -0.487 e. The summed E-state index contributed by atoms with van der Waals surface area (Å²) in [6.45, 7) is 33.6. The number of fused-ring (bicyclic) bond motifs is 3. The molecule has 2 aromatic rings. The summed E-state index contributed by atoms with van der Waals surface area (Å²) in [5.74, 6) is -4.46. The summed E-state index contributed by atoms with van der Waals surface area (Å²) in [5, 5.41) is 36.6. The number of nitrogens with one attached hydrogen (secondary N) is 12. The number of amides is 12. The first kappa shape index (κ1) is 121. The van der Waals surface area contributed by atoms with Gasteiger partial charge in [-0.3, -0.25) is 47.9 Å². The third-order valence-electron chi connectivity index (χ3n) is 23.8. The van der Waals surface area contributed by atoms with E-state index in [2.05, 4.69) is 63.8 Å². The number of hydrogen-bond donors (Lipinski definition) is 12. The number of benzene rings is 2. The Hall–Kier alpha value is -7.74. The third kappa shape index (κ3) is 49.6. The van der Waals surface area contributed by atoms with Gasteiger partial charge in [0.15, 0.2) is 23.0 Å². The molecule has 142 heavy (non-hydrogen) atoms. The van der Waals surface area contributed by atoms with Gasteiger partial charge in [0.1, 0.15) is 80.8 Å². The Kier molecular flexibility index (Phi) is 59.2. The number of unbranched alkanes of at least 4 members (excludes halogenated alkanes) is 3. The smallest absolute Gasteiger partial charge is 0.315 e. The predicted molar refractivity (Wildman–Crippen MR) is 548 cm³/mol. The molecule has 0 spiro atoms. The zero-order valence-electron chi connectivity index (χ0n) is 86.8. The number of thioether (sulfide) groups is 1. The molecule has 1 unspecified atom stereocenters. The highest BCUT2D eigenvalue weighted by Gasteiger charge is 2.44. The van der Waals surface area contributed by atoms with Gasteiger partial charge in [0.05, 0.1) is 144 Å². The van der Waals surface area contributed by atoms with Crippen LogP contribution in [0.1, 0.15) is 211 Å². The molecule has 5 aliphatic heterocycles. The number of ether oxygens (including phenoxy) is 14. The van der Waals surface area contributed by atoms with Crippen molar-refractivity contribution in [2.45, 2.75) is 289 Å². The Morgan fingerprint density at radius 1 is 0.331 bits per heavy atom. The van der Waals surface area contributed by atoms with Gasteiger partial charge in [-0.1, -0.05) is 150 Å². The fraction of sp³-hybridized carbons (Fsp3) is 0.775. The zero-order chi connectivity index (χ0) is 103. The molecule has 806 valence electrons. The quantitative estimate of drug-likeness (QED) is 0.0168. The first-order valence-electron chi connectivity index (χ1n) is 51.8. The molecular formula is C102H170N12O25S3. The van der Waals surface area contributed by atoms with Crippen LogP contribution in [0.2, 0.25) is 0 Å². The fourth-order valence-corrected chi connectivity index (χ4v) is 21.3. The first-order valence-corrected chi connectivity index (χ1v) is 55.2. The monoisotopic (exact) mass is 2060 g/mol. The normalized spacial score (nSPS) is 20.4. The Balaban J connectivity index is 1.17. The molecule has 37 nitrogen and oxygen atoms in total. The van der Waals surface area contributed by atoms with Crippen molar-refractivity contribution in [3.8, 4) is 23.0 Å². The molecule has 12 amide bonds. The van der Waals surface area contributed by atoms with E-state index in [-0.39, 0.29) is 206 Å². The van der Waals surface area contributed by atoms with Crippen LogP contribution in [0, 0.1) is 41.4 Å². The van der Waals surface area contributed by atoms with E-state index in [9.17, 15) is 19.2 Å². The van der Waals surface area contributed by atoms with E-state index in [0.717, 1.165) is 37.9 Å². The highest BCUT2D eigenvalue weighted by Crippen LogP contribution is 2.40. The van der Waals surface area contributed by atoms with Gasteiger partial charge in [0.25, 0.3) is 0 Å². The van der Waals surface area contributed by atoms with E-state index in [1.165, 1.54) is 12.2 Å². The maximum atomic E-state index is 15.7. The van der Waals surface area contributed by atoms with Crippen LogP contribution >= 0.6 is 33.3 Å². The molecule has 0 radical (unpaired) electrons. The molecule has 5 heterocycles. The number of carbonyl (C=O) groups excluding carboxylic acids is 11. The van der Waals surface area contributed by atoms with Crippen molar-refractivity contribution in [1.29, 1.82) is 0 Å². The van der Waals surface area contributed by atoms with E-state index in [0.29, 0.717) is 152 Å². The lowest BCUT2D eigenvalue weighted by Gasteiger charge is -2.30. The van der Waals surface area contributed by atoms with E-state index >= 15 is 33.6 Å². The van der Waals surface area contributed by atoms with Gasteiger partial charge < -0.3 is 130 Å². The largest absolute Gasteiger partial charge is 0.487 e. The van der Waals surface area contributed by atoms with Crippen molar-refractivity contribution in [3.05, 3.63) is 47.5 Å². The molecule has 0 saturated carbocycles. The van der Waals surface area contributed by atoms with E-state index in [1.807, 2.05) is 119 Å². The second-order valence-electron chi connectivity index (χ2n) is 39.8. The minimum atomic E-state index is -1.50. The number of urea groups is 1. The van der Waals surface area contributed by atoms with Crippen LogP contribution in [0.4, 0.5) is 4.79 Å². The Labute approximate surface area is 854 Å². The van der Waals surface area contributed by atoms with E-state index in [4.69, 9.17) is 66.3 Å². The van der Waals surface area contributed by atoms with Gasteiger partial charge in [-0.25, -0.2) is 4.79 Å². The Morgan fingerprint density at radius 2 is 0.627 bits per heavy atom. The zero-order valence-corrected chi connectivity index (χ0v) is 89.2. The van der Waals surface area contributed by atoms with Gasteiger partial charge in [-0.15, -0.1) is 0 Å². The fourth-order valence-electron chi connectivity index (χ4n) is 16.7. The predicted octanol–water partition coefficient (Wildman–Crippen LogP) is 8.42. The van der Waals surface area contributed by atoms with Crippen LogP contribution in [0.15, 0.2) is 36.4 Å². The molecule has 7 rings (SSSR count). The summed E-state index contributed by atoms with van der Waals surface area (Å²) in [4.78, 5) is 163. The summed E-state index contributed by atoms with van der Waals surface area (Å²) in [6.07, 6.45) is 7.76. The van der Waals surface area contributed by atoms with Crippen molar-refractivity contribution in [2.24, 2.45) is 41.4 Å². The van der Waals surface area contributed by atoms with E-state index < -0.39 is 102 Å². The first-order chi connectivity index (χ1) is 68.3. The molecular weight excluding hydrogens is 1890 g/mol. The van der Waals surface area contributed by atoms with Gasteiger partial charge >= 0.3 is 6.03 Å². The maximum absolute atomic E-state index is 15.7. The maximum Gasteiger partial charge on any atom is 0.315 e. The number of rotatable bonds is 47. The van der Waals surface area contributed by atoms with Gasteiger partial charge in [0.2, 0.25) is 59.1 Å². The summed E-state index contributed by atoms with van der Waals surface area (Å²) in [5.41, 5.74) is 0.972. The molecule has 2 aromatic carbocycles. The lowest BCUT2D eigenvalue weighted by Crippen LogP contribution is -2.61. The molecule has 40 heteroatoms. The molecule has 3 fully saturated rings. The van der Waals surface area contributed by atoms with Crippen molar-refractivity contribution in [2.75, 3.05) is 177 Å². The molecule has 0 bridgehead atoms. The van der Waals surface area contributed by atoms with Crippen molar-refractivity contribution in [3.63, 3.8) is 0 Å². The SMILES string of the molecule is CC(C)C[C@H](NC(=O)CCCC[C@@H]1SC[C@@H]2NC(=O)N[C@@H]21)C(=O)N[C@@H](Cc1ccc2c(c1)OCCOCCOCCOCCOCCOCCO2)C(=O)N[C@@H](CC(C)C)C(=O)N[C@@H](CC(C)C)C(=O)N[C@@H](CC(C)C)C(=O)N[C@@H](Cc1ccc2c(c1)OCCOCCOCCOCCOCCOCCO2)C(=O)N[C@@H](CC(C)C)C(=O)N[C@@H](CC(C)C)C(=O)N[C@@H](CC(C)C)C(=O)NCCCCCC1CCSS1. The lowest BCUT2D eigenvalue weighted by atomic mass is 9.97. The second-order valence-corrected chi connectivity index (χ2v) is 43.9. The van der Waals surface area contributed by atoms with Crippen molar-refractivity contribution >= 4 is 98.5 Å². The summed E-state index contributed by atoms with van der Waals surface area (Å²) >= 11 is 1.79. The van der Waals surface area contributed by atoms with Crippen LogP contribution in [-0.2, 0) is 108 Å². The molecule has 0 aromatic heterocycles. The molecule has 12 N–H and O–H groups in total. The molecule has 5 aliphatic rings.